The molecule has 0 bridgehead atoms. The molecule has 0 spiro atoms. The normalized spacial score (nSPS) is 30.4. The molecule has 2 fully saturated rings. The second-order valence-electron chi connectivity index (χ2n) is 7.85. The van der Waals surface area contributed by atoms with Gasteiger partial charge in [-0.25, -0.2) is 0 Å². The van der Waals surface area contributed by atoms with Crippen LogP contribution in [0.25, 0.3) is 0 Å². The van der Waals surface area contributed by atoms with Crippen LogP contribution in [-0.4, -0.2) is 48.3 Å². The molecule has 166 valence electrons. The second kappa shape index (κ2) is 10.3. The van der Waals surface area contributed by atoms with E-state index in [9.17, 15) is 9.90 Å². The van der Waals surface area contributed by atoms with Gasteiger partial charge < -0.3 is 29.4 Å². The lowest BCUT2D eigenvalue weighted by atomic mass is 9.95. The average Bonchev–Trinajstić information content (AvgIpc) is 2.81. The summed E-state index contributed by atoms with van der Waals surface area (Å²) in [5.41, 5.74) is 1.84. The Bertz CT molecular complexity index is 832. The molecule has 7 heteroatoms. The minimum Gasteiger partial charge on any atom is -0.388 e. The van der Waals surface area contributed by atoms with Crippen LogP contribution < -0.4 is 5.32 Å². The predicted octanol–water partition coefficient (Wildman–Crippen LogP) is 2.69. The molecule has 0 radical (unpaired) electrons. The molecular formula is C24H29NO6. The van der Waals surface area contributed by atoms with E-state index in [1.54, 1.807) is 0 Å². The highest BCUT2D eigenvalue weighted by atomic mass is 16.7. The van der Waals surface area contributed by atoms with Crippen LogP contribution in [0, 0.1) is 0 Å². The van der Waals surface area contributed by atoms with E-state index in [1.807, 2.05) is 67.6 Å². The Morgan fingerprint density at radius 2 is 1.81 bits per heavy atom. The lowest BCUT2D eigenvalue weighted by Gasteiger charge is -2.47. The average molecular weight is 427 g/mol. The molecule has 2 saturated heterocycles. The van der Waals surface area contributed by atoms with Crippen molar-refractivity contribution in [3.05, 3.63) is 71.8 Å². The number of amides is 1. The van der Waals surface area contributed by atoms with Crippen LogP contribution in [0.5, 0.6) is 0 Å². The molecule has 0 saturated carbocycles. The molecule has 4 rings (SSSR count). The zero-order valence-corrected chi connectivity index (χ0v) is 17.6. The number of aliphatic hydroxyl groups is 1. The van der Waals surface area contributed by atoms with Gasteiger partial charge in [-0.15, -0.1) is 0 Å². The quantitative estimate of drug-likeness (QED) is 0.707. The summed E-state index contributed by atoms with van der Waals surface area (Å²) in [7, 11) is 0. The molecular weight excluding hydrogens is 398 g/mol. The van der Waals surface area contributed by atoms with Crippen molar-refractivity contribution in [2.24, 2.45) is 0 Å². The van der Waals surface area contributed by atoms with Crippen LogP contribution in [0.1, 0.15) is 37.2 Å². The Kier molecular flexibility index (Phi) is 7.32. The Labute approximate surface area is 182 Å². The summed E-state index contributed by atoms with van der Waals surface area (Å²) in [6.45, 7) is 2.48. The molecule has 1 unspecified atom stereocenters. The Balaban J connectivity index is 1.48. The summed E-state index contributed by atoms with van der Waals surface area (Å²) in [5, 5.41) is 14.0. The van der Waals surface area contributed by atoms with E-state index in [0.717, 1.165) is 11.1 Å². The van der Waals surface area contributed by atoms with Gasteiger partial charge in [-0.3, -0.25) is 4.79 Å². The van der Waals surface area contributed by atoms with Gasteiger partial charge in [0.25, 0.3) is 0 Å². The summed E-state index contributed by atoms with van der Waals surface area (Å²) in [6.07, 6.45) is -2.52. The minimum absolute atomic E-state index is 0.159. The first kappa shape index (κ1) is 21.9. The highest BCUT2D eigenvalue weighted by molar-refractivity contribution is 5.76. The van der Waals surface area contributed by atoms with Gasteiger partial charge >= 0.3 is 0 Å². The summed E-state index contributed by atoms with van der Waals surface area (Å²) in [5.74, 6) is -0.159. The standard InChI is InChI=1S/C24H29NO6/c1-2-9-19(26)25-20-21(27)22-18(15-29-23(31-22)17-12-7-4-8-13-17)30-24(20)28-14-16-10-5-3-6-11-16/h3-8,10-13,18,20-24,27H,2,9,14-15H2,1H3,(H,25,26)/t18-,20-,21-,22-,23?,24+/m1/s1. The third-order valence-corrected chi connectivity index (χ3v) is 5.50. The van der Waals surface area contributed by atoms with Crippen LogP contribution in [0.15, 0.2) is 60.7 Å². The fraction of sp³-hybridized carbons (Fsp3) is 0.458. The van der Waals surface area contributed by atoms with Crippen LogP contribution in [0.2, 0.25) is 0 Å². The van der Waals surface area contributed by atoms with Gasteiger partial charge in [-0.2, -0.15) is 0 Å². The second-order valence-corrected chi connectivity index (χ2v) is 7.85. The van der Waals surface area contributed by atoms with E-state index in [4.69, 9.17) is 18.9 Å². The summed E-state index contributed by atoms with van der Waals surface area (Å²) >= 11 is 0. The molecule has 0 aliphatic carbocycles. The van der Waals surface area contributed by atoms with E-state index in [-0.39, 0.29) is 12.5 Å². The molecule has 2 aliphatic heterocycles. The number of hydrogen-bond acceptors (Lipinski definition) is 6. The van der Waals surface area contributed by atoms with Gasteiger partial charge in [0.15, 0.2) is 12.6 Å². The lowest BCUT2D eigenvalue weighted by Crippen LogP contribution is -2.66. The molecule has 1 amide bonds. The van der Waals surface area contributed by atoms with E-state index >= 15 is 0 Å². The predicted molar refractivity (Wildman–Crippen MR) is 113 cm³/mol. The lowest BCUT2D eigenvalue weighted by molar-refractivity contribution is -0.345. The number of fused-ring (bicyclic) bond motifs is 1. The first-order valence-electron chi connectivity index (χ1n) is 10.8. The highest BCUT2D eigenvalue weighted by Crippen LogP contribution is 2.34. The van der Waals surface area contributed by atoms with Gasteiger partial charge in [0.1, 0.15) is 24.4 Å². The number of carbonyl (C=O) groups excluding carboxylic acids is 1. The number of ether oxygens (including phenoxy) is 4. The van der Waals surface area contributed by atoms with Crippen LogP contribution in [-0.2, 0) is 30.3 Å². The topological polar surface area (TPSA) is 86.3 Å². The first-order chi connectivity index (χ1) is 15.2. The maximum atomic E-state index is 12.3. The highest BCUT2D eigenvalue weighted by Gasteiger charge is 2.50. The SMILES string of the molecule is CCCC(=O)N[C@H]1[C@@H](OCc2ccccc2)O[C@@H]2COC(c3ccccc3)O[C@H]2[C@@H]1O. The van der Waals surface area contributed by atoms with Gasteiger partial charge in [0.05, 0.1) is 13.2 Å². The van der Waals surface area contributed by atoms with E-state index < -0.39 is 36.9 Å². The largest absolute Gasteiger partial charge is 0.388 e. The van der Waals surface area contributed by atoms with Crippen LogP contribution in [0.4, 0.5) is 0 Å². The number of aliphatic hydroxyl groups excluding tert-OH is 1. The third kappa shape index (κ3) is 5.31. The molecule has 2 N–H and O–H groups in total. The van der Waals surface area contributed by atoms with E-state index in [2.05, 4.69) is 5.32 Å². The van der Waals surface area contributed by atoms with Crippen molar-refractivity contribution in [2.45, 2.75) is 63.3 Å². The fourth-order valence-electron chi connectivity index (χ4n) is 3.91. The number of rotatable bonds is 7. The maximum absolute atomic E-state index is 12.3. The van der Waals surface area contributed by atoms with Gasteiger partial charge in [-0.05, 0) is 12.0 Å². The third-order valence-electron chi connectivity index (χ3n) is 5.50. The summed E-state index contributed by atoms with van der Waals surface area (Å²) in [4.78, 5) is 12.3. The maximum Gasteiger partial charge on any atom is 0.220 e. The molecule has 31 heavy (non-hydrogen) atoms. The van der Waals surface area contributed by atoms with Crippen molar-refractivity contribution in [3.63, 3.8) is 0 Å². The minimum atomic E-state index is -1.00. The zero-order chi connectivity index (χ0) is 21.6. The Morgan fingerprint density at radius 1 is 1.10 bits per heavy atom. The zero-order valence-electron chi connectivity index (χ0n) is 17.6. The molecule has 0 aromatic heterocycles. The van der Waals surface area contributed by atoms with Crippen molar-refractivity contribution in [1.29, 1.82) is 0 Å². The Hall–Kier alpha value is -2.29. The van der Waals surface area contributed by atoms with Crippen molar-refractivity contribution in [1.82, 2.24) is 5.32 Å². The number of carbonyl (C=O) groups is 1. The summed E-state index contributed by atoms with van der Waals surface area (Å²) < 4.78 is 24.0. The smallest absolute Gasteiger partial charge is 0.220 e. The van der Waals surface area contributed by atoms with Crippen molar-refractivity contribution in [3.8, 4) is 0 Å². The van der Waals surface area contributed by atoms with E-state index in [0.29, 0.717) is 19.4 Å². The molecule has 2 aromatic carbocycles. The summed E-state index contributed by atoms with van der Waals surface area (Å²) in [6, 6.07) is 18.5. The monoisotopic (exact) mass is 427 g/mol. The first-order valence-corrected chi connectivity index (χ1v) is 10.8. The fourth-order valence-corrected chi connectivity index (χ4v) is 3.91. The molecule has 7 nitrogen and oxygen atoms in total. The van der Waals surface area contributed by atoms with Gasteiger partial charge in [0, 0.05) is 12.0 Å². The van der Waals surface area contributed by atoms with Crippen LogP contribution >= 0.6 is 0 Å². The van der Waals surface area contributed by atoms with Crippen molar-refractivity contribution in [2.75, 3.05) is 6.61 Å². The van der Waals surface area contributed by atoms with Crippen molar-refractivity contribution < 1.29 is 28.8 Å². The van der Waals surface area contributed by atoms with E-state index in [1.165, 1.54) is 0 Å². The van der Waals surface area contributed by atoms with Gasteiger partial charge in [0.2, 0.25) is 5.91 Å². The Morgan fingerprint density at radius 3 is 2.52 bits per heavy atom. The molecule has 2 aromatic rings. The number of benzene rings is 2. The van der Waals surface area contributed by atoms with Crippen molar-refractivity contribution >= 4 is 5.91 Å². The molecule has 2 heterocycles. The van der Waals surface area contributed by atoms with Crippen LogP contribution in [0.3, 0.4) is 0 Å². The number of nitrogens with one attached hydrogen (secondary N) is 1. The molecule has 2 aliphatic rings. The molecule has 6 atom stereocenters. The number of hydrogen-bond donors (Lipinski definition) is 2. The van der Waals surface area contributed by atoms with Gasteiger partial charge in [-0.1, -0.05) is 67.6 Å².